The number of aromatic nitrogens is 2. The number of phenolic OH excluding ortho intramolecular Hbond substituents is 1. The van der Waals surface area contributed by atoms with E-state index in [1.54, 1.807) is 19.1 Å². The molecule has 0 radical (unpaired) electrons. The Bertz CT molecular complexity index is 839. The Balaban J connectivity index is 2.09. The van der Waals surface area contributed by atoms with Gasteiger partial charge in [-0.2, -0.15) is 0 Å². The minimum atomic E-state index is -0.346. The van der Waals surface area contributed by atoms with E-state index in [2.05, 4.69) is 10.1 Å². The molecule has 0 aliphatic rings. The lowest BCUT2D eigenvalue weighted by Gasteiger charge is -2.06. The number of carbonyl (C=O) groups excluding carboxylic acids is 1. The van der Waals surface area contributed by atoms with Gasteiger partial charge in [-0.25, -0.2) is 4.98 Å². The lowest BCUT2D eigenvalue weighted by molar-refractivity contribution is 0.103. The first-order chi connectivity index (χ1) is 10.1. The molecule has 0 spiro atoms. The summed E-state index contributed by atoms with van der Waals surface area (Å²) in [6, 6.07) is 6.14. The number of methoxy groups -OCH3 is 1. The Morgan fingerprint density at radius 2 is 2.14 bits per heavy atom. The third kappa shape index (κ3) is 2.20. The molecule has 1 aromatic carbocycles. The van der Waals surface area contributed by atoms with Crippen molar-refractivity contribution in [3.05, 3.63) is 47.3 Å². The number of hydrogen-bond acceptors (Lipinski definition) is 6. The molecule has 1 N–H and O–H groups in total. The number of phenols is 1. The smallest absolute Gasteiger partial charge is 0.257 e. The van der Waals surface area contributed by atoms with E-state index in [-0.39, 0.29) is 17.1 Å². The van der Waals surface area contributed by atoms with Crippen LogP contribution in [0.5, 0.6) is 11.5 Å². The quantitative estimate of drug-likeness (QED) is 0.744. The first kappa shape index (κ1) is 13.1. The fourth-order valence-electron chi connectivity index (χ4n) is 2.05. The Hall–Kier alpha value is -2.89. The molecule has 0 bridgehead atoms. The molecule has 0 unspecified atom stereocenters. The molecule has 2 heterocycles. The summed E-state index contributed by atoms with van der Waals surface area (Å²) >= 11 is 0. The molecule has 0 atom stereocenters. The van der Waals surface area contributed by atoms with Crippen LogP contribution in [-0.4, -0.2) is 28.1 Å². The van der Waals surface area contributed by atoms with E-state index in [9.17, 15) is 9.90 Å². The van der Waals surface area contributed by atoms with E-state index in [1.807, 2.05) is 0 Å². The Labute approximate surface area is 120 Å². The maximum atomic E-state index is 12.5. The zero-order valence-corrected chi connectivity index (χ0v) is 11.5. The van der Waals surface area contributed by atoms with Crippen molar-refractivity contribution in [1.29, 1.82) is 0 Å². The first-order valence-electron chi connectivity index (χ1n) is 6.24. The summed E-state index contributed by atoms with van der Waals surface area (Å²) in [6.45, 7) is 1.77. The number of fused-ring (bicyclic) bond motifs is 1. The van der Waals surface area contributed by atoms with Gasteiger partial charge in [0.2, 0.25) is 0 Å². The Kier molecular flexibility index (Phi) is 3.06. The molecule has 6 heteroatoms. The van der Waals surface area contributed by atoms with Crippen LogP contribution in [0.25, 0.3) is 11.1 Å². The molecule has 0 amide bonds. The second-order valence-corrected chi connectivity index (χ2v) is 4.56. The highest BCUT2D eigenvalue weighted by Gasteiger charge is 2.17. The molecule has 6 nitrogen and oxygen atoms in total. The minimum absolute atomic E-state index is 0.108. The van der Waals surface area contributed by atoms with E-state index in [4.69, 9.17) is 9.26 Å². The molecule has 2 aromatic heterocycles. The Morgan fingerprint density at radius 3 is 2.90 bits per heavy atom. The van der Waals surface area contributed by atoms with Crippen LogP contribution in [0.4, 0.5) is 0 Å². The first-order valence-corrected chi connectivity index (χ1v) is 6.24. The highest BCUT2D eigenvalue weighted by molar-refractivity contribution is 6.11. The number of rotatable bonds is 3. The number of nitrogens with zero attached hydrogens (tertiary/aromatic N) is 2. The average molecular weight is 284 g/mol. The SMILES string of the molecule is COc1ccc(O)c(C(=O)c2cnc3onc(C)c3c2)c1. The van der Waals surface area contributed by atoms with Crippen LogP contribution in [0.2, 0.25) is 0 Å². The van der Waals surface area contributed by atoms with Crippen molar-refractivity contribution < 1.29 is 19.2 Å². The second-order valence-electron chi connectivity index (χ2n) is 4.56. The van der Waals surface area contributed by atoms with Gasteiger partial charge in [0.25, 0.3) is 5.71 Å². The third-order valence-corrected chi connectivity index (χ3v) is 3.22. The van der Waals surface area contributed by atoms with E-state index in [0.29, 0.717) is 28.1 Å². The van der Waals surface area contributed by atoms with E-state index in [0.717, 1.165) is 0 Å². The number of ketones is 1. The highest BCUT2D eigenvalue weighted by atomic mass is 16.5. The van der Waals surface area contributed by atoms with Crippen LogP contribution >= 0.6 is 0 Å². The van der Waals surface area contributed by atoms with Crippen molar-refractivity contribution in [2.24, 2.45) is 0 Å². The fourth-order valence-corrected chi connectivity index (χ4v) is 2.05. The zero-order valence-electron chi connectivity index (χ0n) is 11.5. The van der Waals surface area contributed by atoms with Gasteiger partial charge in [-0.15, -0.1) is 0 Å². The number of ether oxygens (including phenoxy) is 1. The predicted molar refractivity (Wildman–Crippen MR) is 74.6 cm³/mol. The largest absolute Gasteiger partial charge is 0.507 e. The molecule has 106 valence electrons. The third-order valence-electron chi connectivity index (χ3n) is 3.22. The number of carbonyl (C=O) groups is 1. The molecule has 0 fully saturated rings. The number of aromatic hydroxyl groups is 1. The molecule has 3 rings (SSSR count). The summed E-state index contributed by atoms with van der Waals surface area (Å²) in [7, 11) is 1.49. The van der Waals surface area contributed by atoms with Crippen LogP contribution in [0.15, 0.2) is 35.0 Å². The molecular formula is C15H12N2O4. The van der Waals surface area contributed by atoms with Crippen LogP contribution in [0.3, 0.4) is 0 Å². The van der Waals surface area contributed by atoms with Gasteiger partial charge < -0.3 is 14.4 Å². The van der Waals surface area contributed by atoms with Crippen molar-refractivity contribution in [2.75, 3.05) is 7.11 Å². The maximum absolute atomic E-state index is 12.5. The van der Waals surface area contributed by atoms with Gasteiger partial charge in [0, 0.05) is 11.8 Å². The fraction of sp³-hybridized carbons (Fsp3) is 0.133. The molecule has 0 saturated heterocycles. The highest BCUT2D eigenvalue weighted by Crippen LogP contribution is 2.26. The standard InChI is InChI=1S/C15H12N2O4/c1-8-11-5-9(7-16-15(11)21-17-8)14(19)12-6-10(20-2)3-4-13(12)18/h3-7,18H,1-2H3. The molecule has 21 heavy (non-hydrogen) atoms. The summed E-state index contributed by atoms with van der Waals surface area (Å²) in [5, 5.41) is 14.3. The minimum Gasteiger partial charge on any atom is -0.507 e. The van der Waals surface area contributed by atoms with E-state index in [1.165, 1.54) is 25.4 Å². The van der Waals surface area contributed by atoms with Crippen molar-refractivity contribution in [3.8, 4) is 11.5 Å². The van der Waals surface area contributed by atoms with E-state index < -0.39 is 0 Å². The van der Waals surface area contributed by atoms with Gasteiger partial charge >= 0.3 is 0 Å². The molecular weight excluding hydrogens is 272 g/mol. The molecule has 0 saturated carbocycles. The monoisotopic (exact) mass is 284 g/mol. The maximum Gasteiger partial charge on any atom is 0.257 e. The summed E-state index contributed by atoms with van der Waals surface area (Å²) < 4.78 is 10.1. The summed E-state index contributed by atoms with van der Waals surface area (Å²) in [6.07, 6.45) is 1.40. The van der Waals surface area contributed by atoms with Gasteiger partial charge in [-0.3, -0.25) is 4.79 Å². The summed E-state index contributed by atoms with van der Waals surface area (Å²) in [5.74, 6) is 0.0377. The predicted octanol–water partition coefficient (Wildman–Crippen LogP) is 2.48. The van der Waals surface area contributed by atoms with Gasteiger partial charge in [0.05, 0.1) is 23.8 Å². The van der Waals surface area contributed by atoms with Crippen molar-refractivity contribution in [3.63, 3.8) is 0 Å². The molecule has 0 aliphatic heterocycles. The molecule has 3 aromatic rings. The Morgan fingerprint density at radius 1 is 1.33 bits per heavy atom. The van der Waals surface area contributed by atoms with Gasteiger partial charge in [-0.05, 0) is 31.2 Å². The topological polar surface area (TPSA) is 85.5 Å². The van der Waals surface area contributed by atoms with Gasteiger partial charge in [-0.1, -0.05) is 5.16 Å². The van der Waals surface area contributed by atoms with Crippen molar-refractivity contribution >= 4 is 16.9 Å². The van der Waals surface area contributed by atoms with Crippen LogP contribution in [0.1, 0.15) is 21.6 Å². The van der Waals surface area contributed by atoms with Crippen molar-refractivity contribution in [1.82, 2.24) is 10.1 Å². The zero-order chi connectivity index (χ0) is 15.0. The second kappa shape index (κ2) is 4.90. The van der Waals surface area contributed by atoms with Crippen LogP contribution < -0.4 is 4.74 Å². The van der Waals surface area contributed by atoms with E-state index >= 15 is 0 Å². The number of benzene rings is 1. The van der Waals surface area contributed by atoms with Crippen molar-refractivity contribution in [2.45, 2.75) is 6.92 Å². The normalized spacial score (nSPS) is 10.8. The lowest BCUT2D eigenvalue weighted by atomic mass is 10.0. The van der Waals surface area contributed by atoms with Crippen LogP contribution in [-0.2, 0) is 0 Å². The van der Waals surface area contributed by atoms with Crippen LogP contribution in [0, 0.1) is 6.92 Å². The molecule has 0 aliphatic carbocycles. The number of aryl methyl sites for hydroxylation is 1. The summed E-state index contributed by atoms with van der Waals surface area (Å²) in [4.78, 5) is 16.6. The van der Waals surface area contributed by atoms with Gasteiger partial charge in [0.1, 0.15) is 11.5 Å². The summed E-state index contributed by atoms with van der Waals surface area (Å²) in [5.41, 5.74) is 1.53. The number of pyridine rings is 1. The van der Waals surface area contributed by atoms with Gasteiger partial charge in [0.15, 0.2) is 5.78 Å². The average Bonchev–Trinajstić information content (AvgIpc) is 2.88. The number of hydrogen-bond donors (Lipinski definition) is 1. The lowest BCUT2D eigenvalue weighted by Crippen LogP contribution is -2.03.